The number of fused-ring (bicyclic) bond motifs is 1. The van der Waals surface area contributed by atoms with E-state index in [0.29, 0.717) is 23.3 Å². The Kier molecular flexibility index (Phi) is 9.14. The Labute approximate surface area is 218 Å². The van der Waals surface area contributed by atoms with Gasteiger partial charge in [-0.15, -0.1) is 0 Å². The Morgan fingerprint density at radius 1 is 1.32 bits per heavy atom. The number of allylic oxidation sites excluding steroid dienone is 1. The highest BCUT2D eigenvalue weighted by molar-refractivity contribution is 14.1. The molecule has 0 spiro atoms. The Morgan fingerprint density at radius 2 is 2.09 bits per heavy atom. The summed E-state index contributed by atoms with van der Waals surface area (Å²) in [5.74, 6) is 0.563. The molecule has 1 aromatic rings. The molecule has 2 heterocycles. The van der Waals surface area contributed by atoms with Crippen molar-refractivity contribution in [3.05, 3.63) is 47.0 Å². The van der Waals surface area contributed by atoms with Gasteiger partial charge in [-0.1, -0.05) is 23.8 Å². The Hall–Kier alpha value is -2.38. The largest absolute Gasteiger partial charge is 0.478 e. The van der Waals surface area contributed by atoms with Gasteiger partial charge in [-0.25, -0.2) is 8.10 Å². The maximum atomic E-state index is 12.8. The van der Waals surface area contributed by atoms with Gasteiger partial charge >= 0.3 is 0 Å². The number of halogens is 2. The first kappa shape index (κ1) is 26.2. The van der Waals surface area contributed by atoms with Crippen molar-refractivity contribution in [3.8, 4) is 0 Å². The third-order valence-corrected chi connectivity index (χ3v) is 6.23. The zero-order valence-electron chi connectivity index (χ0n) is 19.6. The van der Waals surface area contributed by atoms with Crippen LogP contribution in [-0.2, 0) is 14.3 Å². The van der Waals surface area contributed by atoms with E-state index in [1.807, 2.05) is 44.1 Å². The molecule has 2 atom stereocenters. The number of rotatable bonds is 10. The number of amides is 2. The van der Waals surface area contributed by atoms with Crippen LogP contribution in [0, 0.1) is 5.92 Å². The van der Waals surface area contributed by atoms with Crippen molar-refractivity contribution in [3.63, 3.8) is 0 Å². The second-order valence-corrected chi connectivity index (χ2v) is 9.93. The summed E-state index contributed by atoms with van der Waals surface area (Å²) in [5, 5.41) is 6.16. The van der Waals surface area contributed by atoms with Gasteiger partial charge in [-0.3, -0.25) is 9.59 Å². The normalized spacial score (nSPS) is 19.4. The molecule has 0 radical (unpaired) electrons. The van der Waals surface area contributed by atoms with Crippen LogP contribution in [0.3, 0.4) is 0 Å². The molecule has 0 bridgehead atoms. The van der Waals surface area contributed by atoms with Crippen molar-refractivity contribution in [2.75, 3.05) is 57.6 Å². The van der Waals surface area contributed by atoms with Crippen molar-refractivity contribution >= 4 is 58.0 Å². The lowest BCUT2D eigenvalue weighted by Crippen LogP contribution is -2.48. The number of ether oxygens (including phenoxy) is 1. The van der Waals surface area contributed by atoms with Gasteiger partial charge in [0, 0.05) is 68.2 Å². The fraction of sp³-hybridized carbons (Fsp3) is 0.455. The standard InChI is InChI=1S/C22H29ClIN7O3/c1-5-31-17-7-6-15(10-14(17)11-18(21(31)33)34-13-19(32)25-2)27-20-16(23)12-26-22(28-20)29(3)8-9-30(4)24/h6-7,10-12,14,17H,5,8-9,13H2,1-4H3,(H,25,32)(H,26,27,28). The minimum atomic E-state index is -0.301. The van der Waals surface area contributed by atoms with Gasteiger partial charge in [0.15, 0.2) is 18.2 Å². The van der Waals surface area contributed by atoms with E-state index in [1.54, 1.807) is 17.2 Å². The smallest absolute Gasteiger partial charge is 0.289 e. The van der Waals surface area contributed by atoms with E-state index in [2.05, 4.69) is 46.6 Å². The van der Waals surface area contributed by atoms with Crippen molar-refractivity contribution < 1.29 is 14.3 Å². The number of nitrogens with one attached hydrogen (secondary N) is 2. The fourth-order valence-corrected chi connectivity index (χ4v) is 3.94. The highest BCUT2D eigenvalue weighted by Crippen LogP contribution is 2.31. The molecule has 12 heteroatoms. The summed E-state index contributed by atoms with van der Waals surface area (Å²) in [5.41, 5.74) is 0.787. The average molecular weight is 602 g/mol. The quantitative estimate of drug-likeness (QED) is 0.311. The van der Waals surface area contributed by atoms with E-state index in [-0.39, 0.29) is 36.1 Å². The van der Waals surface area contributed by atoms with Crippen LogP contribution < -0.4 is 15.5 Å². The Bertz CT molecular complexity index is 1010. The number of carbonyl (C=O) groups is 2. The Morgan fingerprint density at radius 3 is 2.76 bits per heavy atom. The Balaban J connectivity index is 1.80. The molecule has 1 aliphatic carbocycles. The first-order chi connectivity index (χ1) is 16.2. The van der Waals surface area contributed by atoms with Gasteiger partial charge in [-0.05, 0) is 26.1 Å². The van der Waals surface area contributed by atoms with Crippen molar-refractivity contribution in [2.24, 2.45) is 5.92 Å². The van der Waals surface area contributed by atoms with E-state index in [0.717, 1.165) is 18.8 Å². The maximum absolute atomic E-state index is 12.8. The SMILES string of the molecule is CCN1C(=O)C(OCC(=O)NC)=CC2C=C(Nc3nc(N(C)CCN(C)I)ncc3Cl)C=CC21. The number of hydrogen-bond acceptors (Lipinski definition) is 8. The van der Waals surface area contributed by atoms with Crippen molar-refractivity contribution in [2.45, 2.75) is 13.0 Å². The van der Waals surface area contributed by atoms with E-state index >= 15 is 0 Å². The van der Waals surface area contributed by atoms with Gasteiger partial charge < -0.3 is 25.2 Å². The monoisotopic (exact) mass is 601 g/mol. The summed E-state index contributed by atoms with van der Waals surface area (Å²) in [6, 6.07) is -0.136. The molecule has 3 rings (SSSR count). The number of hydrogen-bond donors (Lipinski definition) is 2. The zero-order valence-corrected chi connectivity index (χ0v) is 22.5. The summed E-state index contributed by atoms with van der Waals surface area (Å²) in [7, 11) is 5.45. The molecular weight excluding hydrogens is 573 g/mol. The summed E-state index contributed by atoms with van der Waals surface area (Å²) >= 11 is 8.60. The predicted molar refractivity (Wildman–Crippen MR) is 141 cm³/mol. The molecule has 2 N–H and O–H groups in total. The van der Waals surface area contributed by atoms with Gasteiger partial charge in [0.2, 0.25) is 5.95 Å². The summed E-state index contributed by atoms with van der Waals surface area (Å²) in [4.78, 5) is 37.0. The topological polar surface area (TPSA) is 103 Å². The molecule has 2 unspecified atom stereocenters. The third-order valence-electron chi connectivity index (χ3n) is 5.47. The molecule has 1 aliphatic heterocycles. The second-order valence-electron chi connectivity index (χ2n) is 7.87. The minimum absolute atomic E-state index is 0.133. The molecule has 184 valence electrons. The lowest BCUT2D eigenvalue weighted by atomic mass is 9.88. The van der Waals surface area contributed by atoms with Crippen LogP contribution in [0.4, 0.5) is 11.8 Å². The van der Waals surface area contributed by atoms with Crippen LogP contribution in [-0.4, -0.2) is 83.2 Å². The van der Waals surface area contributed by atoms with E-state index in [1.165, 1.54) is 7.05 Å². The van der Waals surface area contributed by atoms with Crippen LogP contribution in [0.1, 0.15) is 6.92 Å². The predicted octanol–water partition coefficient (Wildman–Crippen LogP) is 2.21. The molecule has 34 heavy (non-hydrogen) atoms. The summed E-state index contributed by atoms with van der Waals surface area (Å²) in [6.07, 6.45) is 9.21. The minimum Gasteiger partial charge on any atom is -0.478 e. The fourth-order valence-electron chi connectivity index (χ4n) is 3.59. The average Bonchev–Trinajstić information content (AvgIpc) is 2.82. The van der Waals surface area contributed by atoms with Gasteiger partial charge in [-0.2, -0.15) is 4.98 Å². The second kappa shape index (κ2) is 11.8. The molecule has 1 aromatic heterocycles. The lowest BCUT2D eigenvalue weighted by Gasteiger charge is -2.38. The first-order valence-electron chi connectivity index (χ1n) is 10.9. The maximum Gasteiger partial charge on any atom is 0.289 e. The van der Waals surface area contributed by atoms with Gasteiger partial charge in [0.05, 0.1) is 12.2 Å². The van der Waals surface area contributed by atoms with E-state index in [4.69, 9.17) is 16.3 Å². The molecule has 2 amide bonds. The molecular formula is C22H29ClIN7O3. The number of aromatic nitrogens is 2. The van der Waals surface area contributed by atoms with Crippen molar-refractivity contribution in [1.82, 2.24) is 23.3 Å². The van der Waals surface area contributed by atoms with Gasteiger partial charge in [0.25, 0.3) is 11.8 Å². The molecule has 0 saturated heterocycles. The van der Waals surface area contributed by atoms with Crippen molar-refractivity contribution in [1.29, 1.82) is 0 Å². The first-order valence-corrected chi connectivity index (χ1v) is 12.2. The third kappa shape index (κ3) is 6.39. The van der Waals surface area contributed by atoms with E-state index < -0.39 is 0 Å². The number of anilines is 2. The molecule has 10 nitrogen and oxygen atoms in total. The molecule has 0 saturated carbocycles. The molecule has 0 fully saturated rings. The molecule has 0 aromatic carbocycles. The number of carbonyl (C=O) groups excluding carboxylic acids is 2. The number of likely N-dealkylation sites (N-methyl/N-ethyl adjacent to an activating group) is 4. The van der Waals surface area contributed by atoms with Crippen LogP contribution in [0.15, 0.2) is 42.0 Å². The van der Waals surface area contributed by atoms with Crippen LogP contribution in [0.25, 0.3) is 0 Å². The van der Waals surface area contributed by atoms with Crippen LogP contribution in [0.2, 0.25) is 5.02 Å². The highest BCUT2D eigenvalue weighted by atomic mass is 127. The van der Waals surface area contributed by atoms with Crippen LogP contribution in [0.5, 0.6) is 0 Å². The molecule has 2 aliphatic rings. The van der Waals surface area contributed by atoms with Crippen LogP contribution >= 0.6 is 34.5 Å². The zero-order chi connectivity index (χ0) is 24.8. The van der Waals surface area contributed by atoms with E-state index in [9.17, 15) is 9.59 Å². The summed E-state index contributed by atoms with van der Waals surface area (Å²) < 4.78 is 7.58. The highest BCUT2D eigenvalue weighted by Gasteiger charge is 2.36. The number of nitrogens with zero attached hydrogens (tertiary/aromatic N) is 5. The lowest BCUT2D eigenvalue weighted by molar-refractivity contribution is -0.135. The van der Waals surface area contributed by atoms with Gasteiger partial charge in [0.1, 0.15) is 5.02 Å². The summed E-state index contributed by atoms with van der Waals surface area (Å²) in [6.45, 7) is 3.83.